The molecule has 0 spiro atoms. The number of benzene rings is 1. The van der Waals surface area contributed by atoms with Gasteiger partial charge in [0.25, 0.3) is 0 Å². The van der Waals surface area contributed by atoms with E-state index in [4.69, 9.17) is 5.73 Å². The van der Waals surface area contributed by atoms with Gasteiger partial charge in [-0.2, -0.15) is 4.57 Å². The van der Waals surface area contributed by atoms with E-state index in [9.17, 15) is 4.39 Å². The zero-order valence-corrected chi connectivity index (χ0v) is 10.5. The lowest BCUT2D eigenvalue weighted by molar-refractivity contribution is -0.580. The van der Waals surface area contributed by atoms with Crippen LogP contribution < -0.4 is 10.3 Å². The third-order valence-electron chi connectivity index (χ3n) is 4.11. The van der Waals surface area contributed by atoms with Crippen LogP contribution in [0.25, 0.3) is 23.4 Å². The fourth-order valence-electron chi connectivity index (χ4n) is 3.06. The van der Waals surface area contributed by atoms with Gasteiger partial charge in [0.15, 0.2) is 12.4 Å². The molecule has 0 radical (unpaired) electrons. The lowest BCUT2D eigenvalue weighted by Crippen LogP contribution is -2.35. The van der Waals surface area contributed by atoms with Gasteiger partial charge in [0, 0.05) is 23.4 Å². The Morgan fingerprint density at radius 2 is 2.11 bits per heavy atom. The van der Waals surface area contributed by atoms with Crippen LogP contribution in [-0.2, 0) is 12.8 Å². The zero-order chi connectivity index (χ0) is 13.0. The van der Waals surface area contributed by atoms with Crippen molar-refractivity contribution in [2.24, 2.45) is 0 Å². The minimum absolute atomic E-state index is 0.202. The van der Waals surface area contributed by atoms with Gasteiger partial charge in [-0.05, 0) is 42.0 Å². The molecule has 0 unspecified atom stereocenters. The van der Waals surface area contributed by atoms with E-state index in [0.717, 1.165) is 41.6 Å². The molecule has 0 amide bonds. The van der Waals surface area contributed by atoms with Crippen molar-refractivity contribution in [3.05, 3.63) is 47.0 Å². The number of hydrogen-bond donors (Lipinski definition) is 1. The van der Waals surface area contributed by atoms with Crippen molar-refractivity contribution in [3.63, 3.8) is 0 Å². The summed E-state index contributed by atoms with van der Waals surface area (Å²) >= 11 is 0. The van der Waals surface area contributed by atoms with Gasteiger partial charge in [-0.15, -0.1) is 0 Å². The molecule has 1 aliphatic carbocycles. The maximum absolute atomic E-state index is 14.3. The molecule has 2 aliphatic rings. The summed E-state index contributed by atoms with van der Waals surface area (Å²) in [6, 6.07) is 5.57. The monoisotopic (exact) mass is 253 g/mol. The topological polar surface area (TPSA) is 29.9 Å². The molecule has 1 aromatic heterocycles. The first kappa shape index (κ1) is 10.7. The molecule has 1 aliphatic heterocycles. The molecule has 0 saturated heterocycles. The standard InChI is InChI=1S/C16H13FN2/c17-14-9-10-2-1-3-13(10)16(18)15(14)11-4-6-19-7-5-12(19)8-11/h4-9,18H,1-3H2/p+1. The van der Waals surface area contributed by atoms with E-state index in [2.05, 4.69) is 0 Å². The van der Waals surface area contributed by atoms with Gasteiger partial charge >= 0.3 is 0 Å². The number of rotatable bonds is 1. The maximum Gasteiger partial charge on any atom is 0.217 e. The van der Waals surface area contributed by atoms with Gasteiger partial charge in [0.2, 0.25) is 5.69 Å². The molecule has 4 rings (SSSR count). The highest BCUT2D eigenvalue weighted by Crippen LogP contribution is 2.37. The summed E-state index contributed by atoms with van der Waals surface area (Å²) in [6.07, 6.45) is 8.90. The van der Waals surface area contributed by atoms with Crippen LogP contribution in [0.2, 0.25) is 0 Å². The number of aryl methyl sites for hydroxylation is 1. The van der Waals surface area contributed by atoms with E-state index in [1.165, 1.54) is 0 Å². The molecule has 3 heteroatoms. The van der Waals surface area contributed by atoms with Crippen LogP contribution in [0.3, 0.4) is 0 Å². The van der Waals surface area contributed by atoms with E-state index >= 15 is 0 Å². The summed E-state index contributed by atoms with van der Waals surface area (Å²) in [4.78, 5) is 0. The second kappa shape index (κ2) is 3.67. The molecule has 1 aromatic carbocycles. The van der Waals surface area contributed by atoms with Crippen molar-refractivity contribution in [1.82, 2.24) is 0 Å². The van der Waals surface area contributed by atoms with Gasteiger partial charge < -0.3 is 5.73 Å². The summed E-state index contributed by atoms with van der Waals surface area (Å²) in [5.74, 6) is -0.202. The molecule has 2 N–H and O–H groups in total. The van der Waals surface area contributed by atoms with Crippen LogP contribution in [0.4, 0.5) is 10.1 Å². The van der Waals surface area contributed by atoms with Crippen molar-refractivity contribution in [2.75, 3.05) is 5.73 Å². The number of pyridine rings is 1. The molecule has 19 heavy (non-hydrogen) atoms. The average molecular weight is 253 g/mol. The van der Waals surface area contributed by atoms with E-state index in [0.29, 0.717) is 11.3 Å². The Morgan fingerprint density at radius 1 is 1.21 bits per heavy atom. The lowest BCUT2D eigenvalue weighted by atomic mass is 9.96. The molecule has 94 valence electrons. The highest BCUT2D eigenvalue weighted by atomic mass is 19.1. The third-order valence-corrected chi connectivity index (χ3v) is 4.11. The SMILES string of the molecule is Nc1c2c(cc(F)c1-c1cc[n+]3c(c1)C=C3)CCC2. The van der Waals surface area contributed by atoms with Crippen LogP contribution in [0, 0.1) is 5.82 Å². The second-order valence-electron chi connectivity index (χ2n) is 5.20. The lowest BCUT2D eigenvalue weighted by Gasteiger charge is -2.13. The number of nitrogens with zero attached hydrogens (tertiary/aromatic N) is 1. The normalized spacial score (nSPS) is 15.0. The number of aromatic nitrogens is 1. The first-order chi connectivity index (χ1) is 9.24. The summed E-state index contributed by atoms with van der Waals surface area (Å²) in [5.41, 5.74) is 11.6. The molecule has 2 heterocycles. The van der Waals surface area contributed by atoms with Gasteiger partial charge in [0.1, 0.15) is 5.82 Å². The van der Waals surface area contributed by atoms with Crippen LogP contribution in [0.1, 0.15) is 23.2 Å². The Morgan fingerprint density at radius 3 is 2.84 bits per heavy atom. The molecule has 0 atom stereocenters. The number of fused-ring (bicyclic) bond motifs is 2. The van der Waals surface area contributed by atoms with E-state index in [-0.39, 0.29) is 5.82 Å². The number of hydrogen-bond acceptors (Lipinski definition) is 1. The molecule has 2 aromatic rings. The predicted octanol–water partition coefficient (Wildman–Crippen LogP) is 2.79. The average Bonchev–Trinajstić information content (AvgIpc) is 2.80. The van der Waals surface area contributed by atoms with Crippen molar-refractivity contribution in [2.45, 2.75) is 19.3 Å². The predicted molar refractivity (Wildman–Crippen MR) is 73.7 cm³/mol. The molecule has 0 saturated carbocycles. The van der Waals surface area contributed by atoms with Crippen molar-refractivity contribution >= 4 is 18.0 Å². The minimum Gasteiger partial charge on any atom is -0.398 e. The van der Waals surface area contributed by atoms with Crippen LogP contribution in [0.15, 0.2) is 24.4 Å². The maximum atomic E-state index is 14.3. The first-order valence-electron chi connectivity index (χ1n) is 6.57. The Hall–Kier alpha value is -2.16. The summed E-state index contributed by atoms with van der Waals surface area (Å²) in [6.45, 7) is 0. The fourth-order valence-corrected chi connectivity index (χ4v) is 3.06. The smallest absolute Gasteiger partial charge is 0.217 e. The number of anilines is 1. The Kier molecular flexibility index (Phi) is 2.07. The fraction of sp³-hybridized carbons (Fsp3) is 0.188. The van der Waals surface area contributed by atoms with E-state index in [1.807, 2.05) is 35.2 Å². The summed E-state index contributed by atoms with van der Waals surface area (Å²) in [7, 11) is 0. The first-order valence-corrected chi connectivity index (χ1v) is 6.57. The van der Waals surface area contributed by atoms with Crippen molar-refractivity contribution in [3.8, 4) is 11.1 Å². The van der Waals surface area contributed by atoms with Gasteiger partial charge in [-0.25, -0.2) is 4.39 Å². The van der Waals surface area contributed by atoms with E-state index < -0.39 is 0 Å². The second-order valence-corrected chi connectivity index (χ2v) is 5.20. The molecule has 0 bridgehead atoms. The molecule has 2 nitrogen and oxygen atoms in total. The van der Waals surface area contributed by atoms with Crippen LogP contribution >= 0.6 is 0 Å². The van der Waals surface area contributed by atoms with Gasteiger partial charge in [-0.1, -0.05) is 0 Å². The van der Waals surface area contributed by atoms with Gasteiger partial charge in [-0.3, -0.25) is 0 Å². The quantitative estimate of drug-likeness (QED) is 0.524. The Bertz CT molecular complexity index is 732. The van der Waals surface area contributed by atoms with Crippen LogP contribution in [0.5, 0.6) is 0 Å². The van der Waals surface area contributed by atoms with E-state index in [1.54, 1.807) is 6.07 Å². The molecular formula is C16H14FN2+. The van der Waals surface area contributed by atoms with Crippen molar-refractivity contribution < 1.29 is 8.96 Å². The highest BCUT2D eigenvalue weighted by molar-refractivity contribution is 5.81. The van der Waals surface area contributed by atoms with Crippen LogP contribution in [-0.4, -0.2) is 0 Å². The molecular weight excluding hydrogens is 239 g/mol. The summed E-state index contributed by atoms with van der Waals surface area (Å²) < 4.78 is 16.3. The van der Waals surface area contributed by atoms with Gasteiger partial charge in [0.05, 0.1) is 6.08 Å². The Labute approximate surface area is 111 Å². The highest BCUT2D eigenvalue weighted by Gasteiger charge is 2.23. The number of halogens is 1. The minimum atomic E-state index is -0.202. The third kappa shape index (κ3) is 1.44. The zero-order valence-electron chi connectivity index (χ0n) is 10.5. The molecule has 0 fully saturated rings. The number of nitrogens with two attached hydrogens (primary N) is 1. The number of nitrogen functional groups attached to an aromatic ring is 1. The van der Waals surface area contributed by atoms with Crippen molar-refractivity contribution in [1.29, 1.82) is 0 Å². The largest absolute Gasteiger partial charge is 0.398 e. The Balaban J connectivity index is 1.94. The summed E-state index contributed by atoms with van der Waals surface area (Å²) in [5, 5.41) is 0.